The fourth-order valence-corrected chi connectivity index (χ4v) is 1.54. The summed E-state index contributed by atoms with van der Waals surface area (Å²) in [4.78, 5) is 4.09. The van der Waals surface area contributed by atoms with Crippen molar-refractivity contribution >= 4 is 0 Å². The first kappa shape index (κ1) is 11.6. The van der Waals surface area contributed by atoms with Gasteiger partial charge in [0.25, 0.3) is 0 Å². The van der Waals surface area contributed by atoms with Crippen molar-refractivity contribution in [2.24, 2.45) is 0 Å². The molecule has 0 aliphatic carbocycles. The summed E-state index contributed by atoms with van der Waals surface area (Å²) < 4.78 is 20.3. The first-order valence-electron chi connectivity index (χ1n) is 5.46. The fraction of sp³-hybridized carbons (Fsp3) is 0.333. The largest absolute Gasteiger partial charge is 0.485 e. The van der Waals surface area contributed by atoms with Crippen LogP contribution in [0.4, 0.5) is 4.39 Å². The van der Waals surface area contributed by atoms with Gasteiger partial charge < -0.3 is 4.74 Å². The smallest absolute Gasteiger partial charge is 0.164 e. The number of hydrogen-bond acceptors (Lipinski definition) is 3. The Labute approximate surface area is 99.1 Å². The molecule has 0 radical (unpaired) electrons. The highest BCUT2D eigenvalue weighted by molar-refractivity contribution is 5.32. The lowest BCUT2D eigenvalue weighted by Gasteiger charge is -2.09. The van der Waals surface area contributed by atoms with Gasteiger partial charge >= 0.3 is 0 Å². The number of nitrogens with zero attached hydrogens (tertiary/aromatic N) is 3. The van der Waals surface area contributed by atoms with Gasteiger partial charge in [-0.2, -0.15) is 5.10 Å². The highest BCUT2D eigenvalue weighted by Gasteiger charge is 2.06. The maximum Gasteiger partial charge on any atom is 0.164 e. The van der Waals surface area contributed by atoms with E-state index in [0.717, 1.165) is 17.9 Å². The maximum atomic E-state index is 13.0. The van der Waals surface area contributed by atoms with E-state index in [1.807, 2.05) is 13.8 Å². The number of hydrogen-bond donors (Lipinski definition) is 0. The van der Waals surface area contributed by atoms with Gasteiger partial charge in [-0.3, -0.25) is 0 Å². The monoisotopic (exact) mass is 235 g/mol. The van der Waals surface area contributed by atoms with E-state index in [2.05, 4.69) is 10.1 Å². The maximum absolute atomic E-state index is 13.0. The molecule has 0 amide bonds. The van der Waals surface area contributed by atoms with Crippen LogP contribution < -0.4 is 4.74 Å². The number of aryl methyl sites for hydroxylation is 2. The molecule has 0 fully saturated rings. The number of ether oxygens (including phenoxy) is 1. The van der Waals surface area contributed by atoms with Crippen LogP contribution in [0, 0.1) is 12.7 Å². The summed E-state index contributed by atoms with van der Waals surface area (Å²) in [6, 6.07) is 4.48. The minimum Gasteiger partial charge on any atom is -0.485 e. The van der Waals surface area contributed by atoms with E-state index in [1.54, 1.807) is 10.7 Å². The molecular formula is C12H14FN3O. The molecule has 0 aliphatic rings. The summed E-state index contributed by atoms with van der Waals surface area (Å²) in [7, 11) is 0. The third-order valence-corrected chi connectivity index (χ3v) is 2.50. The molecule has 17 heavy (non-hydrogen) atoms. The highest BCUT2D eigenvalue weighted by Crippen LogP contribution is 2.19. The van der Waals surface area contributed by atoms with Gasteiger partial charge in [-0.05, 0) is 25.5 Å². The number of halogens is 1. The van der Waals surface area contributed by atoms with Crippen molar-refractivity contribution in [1.82, 2.24) is 14.8 Å². The molecule has 5 heteroatoms. The van der Waals surface area contributed by atoms with Gasteiger partial charge in [0.05, 0.1) is 0 Å². The van der Waals surface area contributed by atoms with Gasteiger partial charge in [0.15, 0.2) is 5.82 Å². The summed E-state index contributed by atoms with van der Waals surface area (Å²) in [6.45, 7) is 4.88. The predicted molar refractivity (Wildman–Crippen MR) is 61.2 cm³/mol. The summed E-state index contributed by atoms with van der Waals surface area (Å²) in [5, 5.41) is 4.04. The highest BCUT2D eigenvalue weighted by atomic mass is 19.1. The summed E-state index contributed by atoms with van der Waals surface area (Å²) >= 11 is 0. The molecule has 90 valence electrons. The lowest BCUT2D eigenvalue weighted by atomic mass is 10.2. The van der Waals surface area contributed by atoms with E-state index in [9.17, 15) is 4.39 Å². The molecule has 1 aromatic heterocycles. The number of aromatic nitrogens is 3. The van der Waals surface area contributed by atoms with Crippen LogP contribution in [0.15, 0.2) is 24.5 Å². The van der Waals surface area contributed by atoms with Gasteiger partial charge in [0.2, 0.25) is 0 Å². The summed E-state index contributed by atoms with van der Waals surface area (Å²) in [5.74, 6) is 0.967. The molecule has 2 aromatic rings. The van der Waals surface area contributed by atoms with E-state index >= 15 is 0 Å². The van der Waals surface area contributed by atoms with E-state index in [0.29, 0.717) is 5.75 Å². The molecule has 1 heterocycles. The van der Waals surface area contributed by atoms with Crippen molar-refractivity contribution in [1.29, 1.82) is 0 Å². The molecule has 0 N–H and O–H groups in total. The first-order valence-corrected chi connectivity index (χ1v) is 5.46. The fourth-order valence-electron chi connectivity index (χ4n) is 1.54. The van der Waals surface area contributed by atoms with Crippen LogP contribution in [0.1, 0.15) is 18.3 Å². The Morgan fingerprint density at radius 1 is 1.41 bits per heavy atom. The molecule has 1 aromatic carbocycles. The summed E-state index contributed by atoms with van der Waals surface area (Å²) in [5.41, 5.74) is 0.897. The zero-order valence-electron chi connectivity index (χ0n) is 9.85. The third-order valence-electron chi connectivity index (χ3n) is 2.50. The average molecular weight is 235 g/mol. The van der Waals surface area contributed by atoms with Crippen molar-refractivity contribution in [3.05, 3.63) is 41.7 Å². The molecule has 0 bridgehead atoms. The van der Waals surface area contributed by atoms with Gasteiger partial charge in [-0.15, -0.1) is 0 Å². The Hall–Kier alpha value is -1.91. The third kappa shape index (κ3) is 2.61. The Balaban J connectivity index is 2.09. The topological polar surface area (TPSA) is 39.9 Å². The average Bonchev–Trinajstić information content (AvgIpc) is 2.77. The molecule has 0 atom stereocenters. The summed E-state index contributed by atoms with van der Waals surface area (Å²) in [6.07, 6.45) is 1.49. The number of benzene rings is 1. The molecule has 2 rings (SSSR count). The minimum atomic E-state index is -0.303. The molecule has 0 saturated heterocycles. The quantitative estimate of drug-likeness (QED) is 0.816. The van der Waals surface area contributed by atoms with Crippen molar-refractivity contribution in [2.75, 3.05) is 0 Å². The Morgan fingerprint density at radius 3 is 3.00 bits per heavy atom. The molecule has 0 saturated carbocycles. The van der Waals surface area contributed by atoms with E-state index in [-0.39, 0.29) is 12.4 Å². The van der Waals surface area contributed by atoms with Crippen LogP contribution in [0.5, 0.6) is 5.75 Å². The molecule has 0 aliphatic heterocycles. The van der Waals surface area contributed by atoms with Crippen molar-refractivity contribution in [3.63, 3.8) is 0 Å². The van der Waals surface area contributed by atoms with E-state index in [1.165, 1.54) is 18.5 Å². The zero-order valence-corrected chi connectivity index (χ0v) is 9.85. The van der Waals surface area contributed by atoms with Crippen LogP contribution >= 0.6 is 0 Å². The first-order chi connectivity index (χ1) is 8.20. The van der Waals surface area contributed by atoms with Crippen LogP contribution in [0.2, 0.25) is 0 Å². The molecule has 0 unspecified atom stereocenters. The number of rotatable bonds is 4. The second kappa shape index (κ2) is 4.95. The molecule has 0 spiro atoms. The van der Waals surface area contributed by atoms with E-state index < -0.39 is 0 Å². The molecular weight excluding hydrogens is 221 g/mol. The van der Waals surface area contributed by atoms with Crippen LogP contribution in [0.25, 0.3) is 0 Å². The second-order valence-electron chi connectivity index (χ2n) is 3.69. The Kier molecular flexibility index (Phi) is 3.37. The normalized spacial score (nSPS) is 10.5. The van der Waals surface area contributed by atoms with Gasteiger partial charge in [-0.1, -0.05) is 6.07 Å². The standard InChI is InChI=1S/C12H14FN3O/c1-3-16-12(14-8-15-16)7-17-11-6-10(13)5-4-9(11)2/h4-6,8H,3,7H2,1-2H3. The zero-order chi connectivity index (χ0) is 12.3. The van der Waals surface area contributed by atoms with Crippen molar-refractivity contribution in [3.8, 4) is 5.75 Å². The second-order valence-corrected chi connectivity index (χ2v) is 3.69. The van der Waals surface area contributed by atoms with Crippen molar-refractivity contribution < 1.29 is 9.13 Å². The lowest BCUT2D eigenvalue weighted by molar-refractivity contribution is 0.284. The predicted octanol–water partition coefficient (Wildman–Crippen LogP) is 2.32. The SMILES string of the molecule is CCn1ncnc1COc1cc(F)ccc1C. The minimum absolute atomic E-state index is 0.290. The van der Waals surface area contributed by atoms with Gasteiger partial charge in [0, 0.05) is 12.6 Å². The Morgan fingerprint density at radius 2 is 2.24 bits per heavy atom. The lowest BCUT2D eigenvalue weighted by Crippen LogP contribution is -2.07. The Bertz CT molecular complexity index is 510. The van der Waals surface area contributed by atoms with Crippen LogP contribution in [0.3, 0.4) is 0 Å². The van der Waals surface area contributed by atoms with Gasteiger partial charge in [-0.25, -0.2) is 14.1 Å². The van der Waals surface area contributed by atoms with Crippen molar-refractivity contribution in [2.45, 2.75) is 27.0 Å². The van der Waals surface area contributed by atoms with Crippen LogP contribution in [-0.2, 0) is 13.2 Å². The molecule has 4 nitrogen and oxygen atoms in total. The van der Waals surface area contributed by atoms with Crippen LogP contribution in [-0.4, -0.2) is 14.8 Å². The van der Waals surface area contributed by atoms with Gasteiger partial charge in [0.1, 0.15) is 24.5 Å². The van der Waals surface area contributed by atoms with E-state index in [4.69, 9.17) is 4.74 Å².